The molecule has 3 aliphatic rings. The van der Waals surface area contributed by atoms with E-state index in [4.69, 9.17) is 9.72 Å². The summed E-state index contributed by atoms with van der Waals surface area (Å²) in [5.74, 6) is -0.122. The maximum absolute atomic E-state index is 13.5. The van der Waals surface area contributed by atoms with Gasteiger partial charge in [0.15, 0.2) is 9.84 Å². The molecule has 2 saturated carbocycles. The number of nitriles is 1. The molecule has 1 N–H and O–H groups in total. The average molecular weight is 595 g/mol. The van der Waals surface area contributed by atoms with Gasteiger partial charge < -0.3 is 15.0 Å². The number of benzene rings is 2. The van der Waals surface area contributed by atoms with Gasteiger partial charge in [0.05, 0.1) is 28.1 Å². The normalized spacial score (nSPS) is 22.9. The minimum Gasteiger partial charge on any atom is -0.431 e. The van der Waals surface area contributed by atoms with Gasteiger partial charge >= 0.3 is 0 Å². The summed E-state index contributed by atoms with van der Waals surface area (Å²) in [6, 6.07) is 16.0. The summed E-state index contributed by atoms with van der Waals surface area (Å²) >= 11 is 1.39. The van der Waals surface area contributed by atoms with E-state index in [0.717, 1.165) is 47.5 Å². The van der Waals surface area contributed by atoms with Gasteiger partial charge in [-0.2, -0.15) is 5.26 Å². The van der Waals surface area contributed by atoms with Crippen molar-refractivity contribution >= 4 is 32.8 Å². The van der Waals surface area contributed by atoms with E-state index >= 15 is 0 Å². The number of nitrogens with one attached hydrogen (secondary N) is 1. The second kappa shape index (κ2) is 11.1. The first-order chi connectivity index (χ1) is 19.7. The molecular formula is C30H31FN4O4S2. The Morgan fingerprint density at radius 3 is 2.41 bits per heavy atom. The molecule has 1 amide bonds. The smallest absolute Gasteiger partial charge is 0.279 e. The number of amides is 1. The molecule has 2 heterocycles. The van der Waals surface area contributed by atoms with Crippen molar-refractivity contribution in [1.29, 1.82) is 5.26 Å². The number of sulfone groups is 1. The molecular weight excluding hydrogens is 563 g/mol. The van der Waals surface area contributed by atoms with Crippen molar-refractivity contribution in [2.24, 2.45) is 5.92 Å². The van der Waals surface area contributed by atoms with Crippen LogP contribution in [0.1, 0.15) is 50.1 Å². The molecule has 0 radical (unpaired) electrons. The Labute approximate surface area is 243 Å². The maximum atomic E-state index is 13.5. The Hall–Kier alpha value is -3.49. The molecule has 3 aromatic rings. The van der Waals surface area contributed by atoms with E-state index in [1.54, 1.807) is 12.1 Å². The van der Waals surface area contributed by atoms with E-state index < -0.39 is 15.4 Å². The van der Waals surface area contributed by atoms with E-state index in [0.29, 0.717) is 36.9 Å². The molecule has 41 heavy (non-hydrogen) atoms. The number of aromatic nitrogens is 1. The van der Waals surface area contributed by atoms with Gasteiger partial charge in [-0.25, -0.2) is 17.8 Å². The molecule has 8 nitrogen and oxygen atoms in total. The monoisotopic (exact) mass is 594 g/mol. The van der Waals surface area contributed by atoms with Crippen LogP contribution in [0, 0.1) is 23.1 Å². The van der Waals surface area contributed by atoms with Crippen molar-refractivity contribution in [2.45, 2.75) is 50.0 Å². The average Bonchev–Trinajstić information content (AvgIpc) is 3.63. The van der Waals surface area contributed by atoms with Gasteiger partial charge in [-0.05, 0) is 67.6 Å². The molecule has 1 aliphatic heterocycles. The second-order valence-corrected chi connectivity index (χ2v) is 14.4. The largest absolute Gasteiger partial charge is 0.431 e. The van der Waals surface area contributed by atoms with E-state index in [1.807, 2.05) is 24.3 Å². The summed E-state index contributed by atoms with van der Waals surface area (Å²) in [6.07, 6.45) is 4.79. The third-order valence-electron chi connectivity index (χ3n) is 8.27. The summed E-state index contributed by atoms with van der Waals surface area (Å²) in [7, 11) is -2.97. The van der Waals surface area contributed by atoms with E-state index in [1.165, 1.54) is 23.5 Å². The standard InChI is InChI=1S/C30H31FN4O4S2/c31-21-7-11-23(12-8-21)39-29-33-26(24-3-1-2-4-25(24)28(36)34-30(19-32)13-14-30)27(40-29)20-5-9-22(10-6-20)35-15-17-41(37,38)18-16-35/h5-12,24-25H,1-4,13-18H2,(H,34,36)/t24-,25?/m1/s1. The summed E-state index contributed by atoms with van der Waals surface area (Å²) < 4.78 is 43.2. The van der Waals surface area contributed by atoms with Crippen LogP contribution in [0.2, 0.25) is 0 Å². The van der Waals surface area contributed by atoms with Crippen LogP contribution >= 0.6 is 11.3 Å². The Bertz CT molecular complexity index is 1560. The number of halogens is 1. The first kappa shape index (κ1) is 27.7. The highest BCUT2D eigenvalue weighted by molar-refractivity contribution is 7.91. The van der Waals surface area contributed by atoms with Crippen molar-refractivity contribution in [3.05, 3.63) is 60.0 Å². The van der Waals surface area contributed by atoms with Crippen LogP contribution in [0.5, 0.6) is 10.9 Å². The lowest BCUT2D eigenvalue weighted by molar-refractivity contribution is -0.127. The minimum atomic E-state index is -2.97. The fraction of sp³-hybridized carbons (Fsp3) is 0.433. The van der Waals surface area contributed by atoms with Crippen molar-refractivity contribution < 1.29 is 22.3 Å². The van der Waals surface area contributed by atoms with Crippen LogP contribution in [0.3, 0.4) is 0 Å². The number of rotatable bonds is 7. The van der Waals surface area contributed by atoms with E-state index in [-0.39, 0.29) is 35.1 Å². The van der Waals surface area contributed by atoms with E-state index in [9.17, 15) is 22.9 Å². The molecule has 2 aromatic carbocycles. The van der Waals surface area contributed by atoms with Crippen molar-refractivity contribution in [3.63, 3.8) is 0 Å². The number of anilines is 1. The Morgan fingerprint density at radius 2 is 1.76 bits per heavy atom. The summed E-state index contributed by atoms with van der Waals surface area (Å²) in [6.45, 7) is 0.929. The molecule has 1 unspecified atom stereocenters. The predicted octanol–water partition coefficient (Wildman–Crippen LogP) is 5.42. The molecule has 11 heteroatoms. The van der Waals surface area contributed by atoms with Crippen LogP contribution in [0.25, 0.3) is 10.4 Å². The zero-order valence-corrected chi connectivity index (χ0v) is 24.1. The number of carbonyl (C=O) groups excluding carboxylic acids is 1. The molecule has 0 spiro atoms. The molecule has 2 aliphatic carbocycles. The first-order valence-corrected chi connectivity index (χ1v) is 16.6. The van der Waals surface area contributed by atoms with Crippen molar-refractivity contribution in [1.82, 2.24) is 10.3 Å². The second-order valence-electron chi connectivity index (χ2n) is 11.1. The minimum absolute atomic E-state index is 0.0934. The van der Waals surface area contributed by atoms with Crippen LogP contribution in [0.4, 0.5) is 10.1 Å². The lowest BCUT2D eigenvalue weighted by Crippen LogP contribution is -2.42. The van der Waals surface area contributed by atoms with E-state index in [2.05, 4.69) is 16.3 Å². The van der Waals surface area contributed by atoms with Crippen LogP contribution in [0.15, 0.2) is 48.5 Å². The number of carbonyl (C=O) groups is 1. The van der Waals surface area contributed by atoms with Gasteiger partial charge in [-0.3, -0.25) is 4.79 Å². The third kappa shape index (κ3) is 6.09. The van der Waals surface area contributed by atoms with Crippen molar-refractivity contribution in [2.75, 3.05) is 29.5 Å². The summed E-state index contributed by atoms with van der Waals surface area (Å²) in [5.41, 5.74) is 1.95. The highest BCUT2D eigenvalue weighted by Gasteiger charge is 2.47. The molecule has 1 aromatic heterocycles. The Kier molecular flexibility index (Phi) is 7.47. The SMILES string of the molecule is N#CC1(NC(=O)C2CCCC[C@H]2c2nc(Oc3ccc(F)cc3)sc2-c2ccc(N3CCS(=O)(=O)CC3)cc2)CC1. The lowest BCUT2D eigenvalue weighted by Gasteiger charge is -2.31. The zero-order chi connectivity index (χ0) is 28.6. The fourth-order valence-electron chi connectivity index (χ4n) is 5.70. The number of hydrogen-bond acceptors (Lipinski definition) is 8. The van der Waals surface area contributed by atoms with Gasteiger partial charge in [0.2, 0.25) is 5.91 Å². The highest BCUT2D eigenvalue weighted by atomic mass is 32.2. The molecule has 3 fully saturated rings. The summed E-state index contributed by atoms with van der Waals surface area (Å²) in [5, 5.41) is 13.0. The van der Waals surface area contributed by atoms with Crippen LogP contribution in [-0.2, 0) is 14.6 Å². The van der Waals surface area contributed by atoms with Gasteiger partial charge in [-0.15, -0.1) is 0 Å². The first-order valence-electron chi connectivity index (χ1n) is 14.0. The fourth-order valence-corrected chi connectivity index (χ4v) is 7.91. The number of thiazole rings is 1. The van der Waals surface area contributed by atoms with Gasteiger partial charge in [0.1, 0.15) is 17.1 Å². The molecule has 2 atom stereocenters. The predicted molar refractivity (Wildman–Crippen MR) is 155 cm³/mol. The van der Waals surface area contributed by atoms with Gasteiger partial charge in [-0.1, -0.05) is 36.3 Å². The number of hydrogen-bond donors (Lipinski definition) is 1. The number of nitrogens with zero attached hydrogens (tertiary/aromatic N) is 3. The number of ether oxygens (including phenoxy) is 1. The highest BCUT2D eigenvalue weighted by Crippen LogP contribution is 2.47. The van der Waals surface area contributed by atoms with Crippen LogP contribution < -0.4 is 15.0 Å². The maximum Gasteiger partial charge on any atom is 0.279 e. The quantitative estimate of drug-likeness (QED) is 0.389. The van der Waals surface area contributed by atoms with Gasteiger partial charge in [0, 0.05) is 30.6 Å². The lowest BCUT2D eigenvalue weighted by atomic mass is 9.76. The Balaban J connectivity index is 1.32. The molecule has 1 saturated heterocycles. The topological polar surface area (TPSA) is 112 Å². The summed E-state index contributed by atoms with van der Waals surface area (Å²) in [4.78, 5) is 21.3. The molecule has 6 rings (SSSR count). The van der Waals surface area contributed by atoms with Gasteiger partial charge in [0.25, 0.3) is 5.19 Å². The zero-order valence-electron chi connectivity index (χ0n) is 22.5. The Morgan fingerprint density at radius 1 is 1.07 bits per heavy atom. The molecule has 0 bridgehead atoms. The third-order valence-corrected chi connectivity index (χ3v) is 10.9. The van der Waals surface area contributed by atoms with Crippen molar-refractivity contribution in [3.8, 4) is 27.5 Å². The molecule has 214 valence electrons. The van der Waals surface area contributed by atoms with Crippen LogP contribution in [-0.4, -0.2) is 49.4 Å².